The van der Waals surface area contributed by atoms with E-state index in [2.05, 4.69) is 6.58 Å². The summed E-state index contributed by atoms with van der Waals surface area (Å²) < 4.78 is 7.34. The second-order valence-electron chi connectivity index (χ2n) is 6.07. The van der Waals surface area contributed by atoms with Crippen LogP contribution in [-0.2, 0) is 4.74 Å². The van der Waals surface area contributed by atoms with Gasteiger partial charge in [0.05, 0.1) is 16.6 Å². The lowest BCUT2D eigenvalue weighted by molar-refractivity contribution is 0.0486. The average Bonchev–Trinajstić information content (AvgIpc) is 2.94. The molecule has 1 aromatic carbocycles. The summed E-state index contributed by atoms with van der Waals surface area (Å²) in [5.74, 6) is -0.508. The van der Waals surface area contributed by atoms with E-state index in [1.165, 1.54) is 6.08 Å². The number of hydrogen-bond donors (Lipinski definition) is 0. The largest absolute Gasteiger partial charge is 0.461 e. The van der Waals surface area contributed by atoms with Gasteiger partial charge in [0.1, 0.15) is 6.61 Å². The van der Waals surface area contributed by atoms with Crippen LogP contribution in [0.25, 0.3) is 16.4 Å². The van der Waals surface area contributed by atoms with Crippen LogP contribution in [0.3, 0.4) is 0 Å². The molecule has 0 aliphatic heterocycles. The second kappa shape index (κ2) is 6.91. The molecule has 0 unspecified atom stereocenters. The van der Waals surface area contributed by atoms with Crippen LogP contribution in [0.15, 0.2) is 55.3 Å². The molecule has 0 spiro atoms. The van der Waals surface area contributed by atoms with Gasteiger partial charge in [-0.2, -0.15) is 0 Å². The van der Waals surface area contributed by atoms with Crippen LogP contribution < -0.4 is 0 Å². The molecule has 0 aliphatic rings. The standard InChI is InChI=1S/C20H20N2O3/c1-4-18(23)14-8-9-15-17(13-14)22-10-6-5-7-16(22)19(15)20(24)25-12-11-21(2)3/h4-10,13H,1,11-12H2,2-3H3. The van der Waals surface area contributed by atoms with Crippen LogP contribution in [0.1, 0.15) is 20.7 Å². The third-order valence-corrected chi connectivity index (χ3v) is 4.09. The van der Waals surface area contributed by atoms with Crippen LogP contribution in [-0.4, -0.2) is 48.3 Å². The van der Waals surface area contributed by atoms with Crippen LogP contribution >= 0.6 is 0 Å². The fourth-order valence-electron chi connectivity index (χ4n) is 2.82. The van der Waals surface area contributed by atoms with E-state index in [-0.39, 0.29) is 11.8 Å². The molecule has 0 N–H and O–H groups in total. The number of carbonyl (C=O) groups excluding carboxylic acids is 2. The summed E-state index contributed by atoms with van der Waals surface area (Å²) in [7, 11) is 3.85. The molecule has 0 saturated carbocycles. The number of ketones is 1. The summed E-state index contributed by atoms with van der Waals surface area (Å²) in [5, 5.41) is 0.765. The van der Waals surface area contributed by atoms with Crippen LogP contribution in [0.4, 0.5) is 0 Å². The van der Waals surface area contributed by atoms with E-state index in [9.17, 15) is 9.59 Å². The van der Waals surface area contributed by atoms with Gasteiger partial charge in [-0.3, -0.25) is 4.79 Å². The van der Waals surface area contributed by atoms with Gasteiger partial charge in [-0.25, -0.2) is 4.79 Å². The van der Waals surface area contributed by atoms with Gasteiger partial charge in [0, 0.05) is 23.7 Å². The van der Waals surface area contributed by atoms with Crippen molar-refractivity contribution in [1.29, 1.82) is 0 Å². The van der Waals surface area contributed by atoms with Crippen molar-refractivity contribution in [3.63, 3.8) is 0 Å². The molecule has 0 saturated heterocycles. The Bertz CT molecular complexity index is 970. The fourth-order valence-corrected chi connectivity index (χ4v) is 2.82. The molecule has 0 atom stereocenters. The van der Waals surface area contributed by atoms with Gasteiger partial charge in [0.25, 0.3) is 0 Å². The summed E-state index contributed by atoms with van der Waals surface area (Å²) in [5.41, 5.74) is 2.61. The Morgan fingerprint density at radius 1 is 1.20 bits per heavy atom. The molecule has 128 valence electrons. The SMILES string of the molecule is C=CC(=O)c1ccc2c(C(=O)OCCN(C)C)c3ccccn3c2c1. The Labute approximate surface area is 146 Å². The predicted molar refractivity (Wildman–Crippen MR) is 98.3 cm³/mol. The minimum atomic E-state index is -0.358. The van der Waals surface area contributed by atoms with E-state index in [1.807, 2.05) is 47.8 Å². The van der Waals surface area contributed by atoms with Crippen molar-refractivity contribution in [2.45, 2.75) is 0 Å². The second-order valence-corrected chi connectivity index (χ2v) is 6.07. The first kappa shape index (κ1) is 16.9. The number of esters is 1. The number of ether oxygens (including phenoxy) is 1. The number of pyridine rings is 1. The first-order chi connectivity index (χ1) is 12.0. The Kier molecular flexibility index (Phi) is 4.67. The molecule has 0 aliphatic carbocycles. The average molecular weight is 336 g/mol. The van der Waals surface area contributed by atoms with Crippen molar-refractivity contribution in [2.24, 2.45) is 0 Å². The number of allylic oxidation sites excluding steroid dienone is 1. The lowest BCUT2D eigenvalue weighted by atomic mass is 10.1. The van der Waals surface area contributed by atoms with Gasteiger partial charge < -0.3 is 14.0 Å². The number of benzene rings is 1. The molecule has 5 heteroatoms. The summed E-state index contributed by atoms with van der Waals surface area (Å²) in [4.78, 5) is 26.5. The minimum Gasteiger partial charge on any atom is -0.461 e. The zero-order valence-electron chi connectivity index (χ0n) is 14.4. The lowest BCUT2D eigenvalue weighted by Crippen LogP contribution is -2.20. The number of carbonyl (C=O) groups is 2. The van der Waals surface area contributed by atoms with E-state index in [0.717, 1.165) is 16.4 Å². The first-order valence-electron chi connectivity index (χ1n) is 8.04. The van der Waals surface area contributed by atoms with Gasteiger partial charge in [0.2, 0.25) is 0 Å². The first-order valence-corrected chi connectivity index (χ1v) is 8.04. The number of rotatable bonds is 6. The molecule has 0 bridgehead atoms. The van der Waals surface area contributed by atoms with Crippen molar-refractivity contribution < 1.29 is 14.3 Å². The highest BCUT2D eigenvalue weighted by molar-refractivity contribution is 6.14. The van der Waals surface area contributed by atoms with E-state index >= 15 is 0 Å². The molecule has 25 heavy (non-hydrogen) atoms. The number of fused-ring (bicyclic) bond motifs is 3. The van der Waals surface area contributed by atoms with E-state index in [0.29, 0.717) is 24.3 Å². The maximum atomic E-state index is 12.7. The molecular weight excluding hydrogens is 316 g/mol. The maximum Gasteiger partial charge on any atom is 0.341 e. The molecule has 3 rings (SSSR count). The van der Waals surface area contributed by atoms with E-state index in [1.54, 1.807) is 18.2 Å². The summed E-state index contributed by atoms with van der Waals surface area (Å²) in [6, 6.07) is 10.9. The molecule has 0 radical (unpaired) electrons. The summed E-state index contributed by atoms with van der Waals surface area (Å²) in [6.07, 6.45) is 3.16. The minimum absolute atomic E-state index is 0.150. The molecular formula is C20H20N2O3. The summed E-state index contributed by atoms with van der Waals surface area (Å²) >= 11 is 0. The van der Waals surface area contributed by atoms with Gasteiger partial charge in [0.15, 0.2) is 5.78 Å². The van der Waals surface area contributed by atoms with Crippen LogP contribution in [0.5, 0.6) is 0 Å². The van der Waals surface area contributed by atoms with Gasteiger partial charge >= 0.3 is 5.97 Å². The molecule has 0 amide bonds. The number of hydrogen-bond acceptors (Lipinski definition) is 4. The topological polar surface area (TPSA) is 51.0 Å². The Balaban J connectivity index is 2.11. The third-order valence-electron chi connectivity index (χ3n) is 4.09. The molecule has 2 heterocycles. The van der Waals surface area contributed by atoms with E-state index < -0.39 is 0 Å². The van der Waals surface area contributed by atoms with Gasteiger partial charge in [-0.1, -0.05) is 24.8 Å². The van der Waals surface area contributed by atoms with Gasteiger partial charge in [-0.15, -0.1) is 0 Å². The zero-order valence-corrected chi connectivity index (χ0v) is 14.4. The predicted octanol–water partition coefficient (Wildman–Crippen LogP) is 3.18. The lowest BCUT2D eigenvalue weighted by Gasteiger charge is -2.09. The monoisotopic (exact) mass is 336 g/mol. The number of nitrogens with zero attached hydrogens (tertiary/aromatic N) is 2. The molecule has 3 aromatic rings. The highest BCUT2D eigenvalue weighted by atomic mass is 16.5. The maximum absolute atomic E-state index is 12.7. The Morgan fingerprint density at radius 2 is 2.00 bits per heavy atom. The van der Waals surface area contributed by atoms with Crippen molar-refractivity contribution in [3.05, 3.63) is 66.4 Å². The van der Waals surface area contributed by atoms with Crippen molar-refractivity contribution in [3.8, 4) is 0 Å². The zero-order chi connectivity index (χ0) is 18.0. The van der Waals surface area contributed by atoms with Crippen molar-refractivity contribution in [2.75, 3.05) is 27.2 Å². The number of likely N-dealkylation sites (N-methyl/N-ethyl adjacent to an activating group) is 1. The third kappa shape index (κ3) is 3.19. The smallest absolute Gasteiger partial charge is 0.341 e. The highest BCUT2D eigenvalue weighted by Crippen LogP contribution is 2.28. The van der Waals surface area contributed by atoms with E-state index in [4.69, 9.17) is 4.74 Å². The van der Waals surface area contributed by atoms with Crippen molar-refractivity contribution >= 4 is 28.2 Å². The normalized spacial score (nSPS) is 11.2. The van der Waals surface area contributed by atoms with Gasteiger partial charge in [-0.05, 0) is 38.4 Å². The molecule has 2 aromatic heterocycles. The summed E-state index contributed by atoms with van der Waals surface area (Å²) in [6.45, 7) is 4.51. The highest BCUT2D eigenvalue weighted by Gasteiger charge is 2.20. The fraction of sp³-hybridized carbons (Fsp3) is 0.200. The quantitative estimate of drug-likeness (QED) is 0.394. The molecule has 5 nitrogen and oxygen atoms in total. The van der Waals surface area contributed by atoms with Crippen LogP contribution in [0, 0.1) is 0 Å². The number of aromatic nitrogens is 1. The van der Waals surface area contributed by atoms with Crippen molar-refractivity contribution in [1.82, 2.24) is 9.30 Å². The Morgan fingerprint density at radius 3 is 2.72 bits per heavy atom. The Hall–Kier alpha value is -2.92. The van der Waals surface area contributed by atoms with Crippen LogP contribution in [0.2, 0.25) is 0 Å². The molecule has 0 fully saturated rings.